The molecule has 0 unspecified atom stereocenters. The van der Waals surface area contributed by atoms with Gasteiger partial charge in [-0.15, -0.1) is 0 Å². The summed E-state index contributed by atoms with van der Waals surface area (Å²) in [5, 5.41) is 3.41. The van der Waals surface area contributed by atoms with Crippen LogP contribution in [-0.2, 0) is 0 Å². The van der Waals surface area contributed by atoms with E-state index in [9.17, 15) is 4.39 Å². The summed E-state index contributed by atoms with van der Waals surface area (Å²) in [5.74, 6) is -0.367. The standard InChI is InChI=1S/C10H13ClFN/c1-3-13-7(2)8-4-5-10(12)9(11)6-8/h4-7,13H,3H2,1-2H3/t7-/m1/s1. The van der Waals surface area contributed by atoms with Crippen molar-refractivity contribution in [3.05, 3.63) is 34.6 Å². The topological polar surface area (TPSA) is 12.0 Å². The number of hydrogen-bond donors (Lipinski definition) is 1. The molecule has 0 fully saturated rings. The minimum atomic E-state index is -0.367. The van der Waals surface area contributed by atoms with E-state index in [1.165, 1.54) is 6.07 Å². The lowest BCUT2D eigenvalue weighted by atomic mass is 10.1. The zero-order valence-corrected chi connectivity index (χ0v) is 8.53. The molecule has 1 nitrogen and oxygen atoms in total. The van der Waals surface area contributed by atoms with Crippen LogP contribution in [0.5, 0.6) is 0 Å². The average Bonchev–Trinajstić information content (AvgIpc) is 2.10. The minimum Gasteiger partial charge on any atom is -0.310 e. The molecule has 1 rings (SSSR count). The van der Waals surface area contributed by atoms with Gasteiger partial charge in [-0.3, -0.25) is 0 Å². The molecular formula is C10H13ClFN. The molecule has 1 aromatic rings. The van der Waals surface area contributed by atoms with Gasteiger partial charge in [-0.1, -0.05) is 24.6 Å². The van der Waals surface area contributed by atoms with E-state index < -0.39 is 0 Å². The van der Waals surface area contributed by atoms with Crippen molar-refractivity contribution in [2.24, 2.45) is 0 Å². The summed E-state index contributed by atoms with van der Waals surface area (Å²) < 4.78 is 12.8. The normalized spacial score (nSPS) is 12.9. The van der Waals surface area contributed by atoms with E-state index in [1.54, 1.807) is 12.1 Å². The molecule has 0 aliphatic carbocycles. The fraction of sp³-hybridized carbons (Fsp3) is 0.400. The molecule has 0 saturated carbocycles. The van der Waals surface area contributed by atoms with Gasteiger partial charge in [-0.2, -0.15) is 0 Å². The molecule has 0 aromatic heterocycles. The third-order valence-corrected chi connectivity index (χ3v) is 2.24. The highest BCUT2D eigenvalue weighted by atomic mass is 35.5. The monoisotopic (exact) mass is 201 g/mol. The van der Waals surface area contributed by atoms with Crippen LogP contribution in [0, 0.1) is 5.82 Å². The van der Waals surface area contributed by atoms with E-state index in [1.807, 2.05) is 13.8 Å². The average molecular weight is 202 g/mol. The second kappa shape index (κ2) is 4.58. The van der Waals surface area contributed by atoms with Crippen LogP contribution in [0.4, 0.5) is 4.39 Å². The summed E-state index contributed by atoms with van der Waals surface area (Å²) in [6.45, 7) is 4.94. The predicted molar refractivity (Wildman–Crippen MR) is 53.5 cm³/mol. The number of benzene rings is 1. The predicted octanol–water partition coefficient (Wildman–Crippen LogP) is 3.15. The van der Waals surface area contributed by atoms with E-state index in [0.29, 0.717) is 0 Å². The molecule has 0 bridgehead atoms. The van der Waals surface area contributed by atoms with Gasteiger partial charge in [0, 0.05) is 6.04 Å². The van der Waals surface area contributed by atoms with E-state index in [-0.39, 0.29) is 16.9 Å². The van der Waals surface area contributed by atoms with Gasteiger partial charge in [0.2, 0.25) is 0 Å². The SMILES string of the molecule is CCN[C@H](C)c1ccc(F)c(Cl)c1. The Morgan fingerprint density at radius 1 is 1.54 bits per heavy atom. The van der Waals surface area contributed by atoms with Crippen molar-refractivity contribution < 1.29 is 4.39 Å². The maximum atomic E-state index is 12.8. The Balaban J connectivity index is 2.84. The fourth-order valence-electron chi connectivity index (χ4n) is 1.21. The molecule has 13 heavy (non-hydrogen) atoms. The zero-order chi connectivity index (χ0) is 9.84. The van der Waals surface area contributed by atoms with Crippen LogP contribution in [0.25, 0.3) is 0 Å². The summed E-state index contributed by atoms with van der Waals surface area (Å²) in [5.41, 5.74) is 1.01. The second-order valence-corrected chi connectivity index (χ2v) is 3.36. The van der Waals surface area contributed by atoms with Crippen molar-refractivity contribution >= 4 is 11.6 Å². The zero-order valence-electron chi connectivity index (χ0n) is 7.77. The third-order valence-electron chi connectivity index (χ3n) is 1.95. The van der Waals surface area contributed by atoms with Crippen molar-refractivity contribution in [3.63, 3.8) is 0 Å². The molecule has 0 aliphatic heterocycles. The summed E-state index contributed by atoms with van der Waals surface area (Å²) in [6.07, 6.45) is 0. The van der Waals surface area contributed by atoms with E-state index in [0.717, 1.165) is 12.1 Å². The molecule has 0 saturated heterocycles. The lowest BCUT2D eigenvalue weighted by Crippen LogP contribution is -2.17. The Morgan fingerprint density at radius 2 is 2.23 bits per heavy atom. The summed E-state index contributed by atoms with van der Waals surface area (Å²) in [7, 11) is 0. The minimum absolute atomic E-state index is 0.183. The first-order valence-electron chi connectivity index (χ1n) is 4.33. The molecular weight excluding hydrogens is 189 g/mol. The van der Waals surface area contributed by atoms with Crippen molar-refractivity contribution in [1.29, 1.82) is 0 Å². The van der Waals surface area contributed by atoms with Crippen LogP contribution in [0.15, 0.2) is 18.2 Å². The Morgan fingerprint density at radius 3 is 2.77 bits per heavy atom. The first-order valence-corrected chi connectivity index (χ1v) is 4.71. The van der Waals surface area contributed by atoms with Crippen LogP contribution in [0.2, 0.25) is 5.02 Å². The third kappa shape index (κ3) is 2.68. The summed E-state index contributed by atoms with van der Waals surface area (Å²) in [4.78, 5) is 0. The molecule has 1 N–H and O–H groups in total. The van der Waals surface area contributed by atoms with Gasteiger partial charge in [0.15, 0.2) is 0 Å². The highest BCUT2D eigenvalue weighted by Gasteiger charge is 2.06. The number of halogens is 2. The van der Waals surface area contributed by atoms with Gasteiger partial charge in [-0.05, 0) is 31.2 Å². The maximum Gasteiger partial charge on any atom is 0.141 e. The van der Waals surface area contributed by atoms with Crippen molar-refractivity contribution in [2.45, 2.75) is 19.9 Å². The Kier molecular flexibility index (Phi) is 3.70. The maximum absolute atomic E-state index is 12.8. The summed E-state index contributed by atoms with van der Waals surface area (Å²) in [6, 6.07) is 5.01. The first-order chi connectivity index (χ1) is 6.15. The van der Waals surface area contributed by atoms with Gasteiger partial charge < -0.3 is 5.32 Å². The van der Waals surface area contributed by atoms with Crippen LogP contribution in [0.3, 0.4) is 0 Å². The smallest absolute Gasteiger partial charge is 0.141 e. The lowest BCUT2D eigenvalue weighted by molar-refractivity contribution is 0.592. The lowest BCUT2D eigenvalue weighted by Gasteiger charge is -2.12. The molecule has 0 amide bonds. The van der Waals surface area contributed by atoms with Crippen LogP contribution >= 0.6 is 11.6 Å². The molecule has 0 radical (unpaired) electrons. The molecule has 0 aliphatic rings. The molecule has 0 spiro atoms. The first kappa shape index (κ1) is 10.5. The van der Waals surface area contributed by atoms with E-state index >= 15 is 0 Å². The quantitative estimate of drug-likeness (QED) is 0.792. The highest BCUT2D eigenvalue weighted by Crippen LogP contribution is 2.20. The largest absolute Gasteiger partial charge is 0.310 e. The molecule has 1 aromatic carbocycles. The van der Waals surface area contributed by atoms with Crippen molar-refractivity contribution in [3.8, 4) is 0 Å². The van der Waals surface area contributed by atoms with Gasteiger partial charge in [-0.25, -0.2) is 4.39 Å². The highest BCUT2D eigenvalue weighted by molar-refractivity contribution is 6.30. The Labute approximate surface area is 82.9 Å². The van der Waals surface area contributed by atoms with Gasteiger partial charge in [0.25, 0.3) is 0 Å². The van der Waals surface area contributed by atoms with Crippen molar-refractivity contribution in [1.82, 2.24) is 5.32 Å². The summed E-state index contributed by atoms with van der Waals surface area (Å²) >= 11 is 5.66. The number of hydrogen-bond acceptors (Lipinski definition) is 1. The number of rotatable bonds is 3. The Hall–Kier alpha value is -0.600. The second-order valence-electron chi connectivity index (χ2n) is 2.95. The van der Waals surface area contributed by atoms with Crippen LogP contribution < -0.4 is 5.32 Å². The molecule has 1 atom stereocenters. The van der Waals surface area contributed by atoms with Crippen LogP contribution in [-0.4, -0.2) is 6.54 Å². The molecule has 72 valence electrons. The van der Waals surface area contributed by atoms with E-state index in [2.05, 4.69) is 5.32 Å². The van der Waals surface area contributed by atoms with Crippen LogP contribution in [0.1, 0.15) is 25.5 Å². The number of nitrogens with one attached hydrogen (secondary N) is 1. The van der Waals surface area contributed by atoms with Gasteiger partial charge >= 0.3 is 0 Å². The fourth-order valence-corrected chi connectivity index (χ4v) is 1.39. The molecule has 3 heteroatoms. The van der Waals surface area contributed by atoms with Gasteiger partial charge in [0.1, 0.15) is 5.82 Å². The Bertz CT molecular complexity index is 288. The van der Waals surface area contributed by atoms with E-state index in [4.69, 9.17) is 11.6 Å². The van der Waals surface area contributed by atoms with Crippen molar-refractivity contribution in [2.75, 3.05) is 6.54 Å². The van der Waals surface area contributed by atoms with Gasteiger partial charge in [0.05, 0.1) is 5.02 Å². The molecule has 0 heterocycles.